The Labute approximate surface area is 368 Å². The molecule has 5 saturated carbocycles. The number of Topliss-reactive ketones (excluding diaryl/α,β-unsaturated/α-hetero) is 1. The van der Waals surface area contributed by atoms with Crippen LogP contribution < -0.4 is 16.4 Å². The molecule has 336 valence electrons. The number of hydrogen-bond acceptors (Lipinski definition) is 8. The normalized spacial score (nSPS) is 38.9. The van der Waals surface area contributed by atoms with Crippen molar-refractivity contribution in [1.29, 1.82) is 0 Å². The number of carboxylic acid groups (broad SMARTS) is 1. The van der Waals surface area contributed by atoms with E-state index in [1.807, 2.05) is 13.8 Å². The van der Waals surface area contributed by atoms with Crippen LogP contribution in [0.2, 0.25) is 5.02 Å². The summed E-state index contributed by atoms with van der Waals surface area (Å²) >= 11 is 5.98. The van der Waals surface area contributed by atoms with Crippen LogP contribution in [0.5, 0.6) is 0 Å². The van der Waals surface area contributed by atoms with Gasteiger partial charge >= 0.3 is 11.9 Å². The van der Waals surface area contributed by atoms with Gasteiger partial charge in [0.2, 0.25) is 5.91 Å². The second-order valence-corrected chi connectivity index (χ2v) is 22.4. The first kappa shape index (κ1) is 44.3. The third kappa shape index (κ3) is 7.00. The first-order chi connectivity index (χ1) is 28.7. The summed E-state index contributed by atoms with van der Waals surface area (Å²) in [6, 6.07) is 3.86. The molecule has 1 unspecified atom stereocenters. The summed E-state index contributed by atoms with van der Waals surface area (Å²) in [7, 11) is 0. The highest BCUT2D eigenvalue weighted by atomic mass is 35.5. The standard InChI is InChI=1S/C49H70ClN3O8/c1-26(2)38-33(54)23-49(36(55)25-52-41(57)32(24-51)53-40(56)27-10-12-28(50)13-11-27)21-20-47(8)29(39(38)49)14-15-35-46(7)18-17-37(45(5,6)34(46)16-19-48(35,47)9)61-43(60)31-22-30(42(58)59)44(31,3)4/h10-13,26,29-32,34-37,55H,14-25,51H2,1-9H3,(H,52,57)(H,53,56)(H,58,59)/t29-,30+,31-,32?,34+,35-,36+,37+,46+,47-,48-,49+/m1/s1/i32D. The molecule has 6 aliphatic rings. The molecule has 2 amide bonds. The summed E-state index contributed by atoms with van der Waals surface area (Å²) in [5.74, 6) is -2.87. The predicted octanol–water partition coefficient (Wildman–Crippen LogP) is 7.51. The molecule has 12 atom stereocenters. The van der Waals surface area contributed by atoms with Crippen molar-refractivity contribution < 1.29 is 40.3 Å². The van der Waals surface area contributed by atoms with Gasteiger partial charge in [0.15, 0.2) is 5.78 Å². The molecule has 0 aromatic heterocycles. The maximum Gasteiger partial charge on any atom is 0.309 e. The van der Waals surface area contributed by atoms with Crippen molar-refractivity contribution in [3.8, 4) is 0 Å². The van der Waals surface area contributed by atoms with Gasteiger partial charge in [-0.05, 0) is 133 Å². The lowest BCUT2D eigenvalue weighted by Crippen LogP contribution is -2.66. The van der Waals surface area contributed by atoms with Gasteiger partial charge in [0.05, 0.1) is 19.3 Å². The fourth-order valence-electron chi connectivity index (χ4n) is 14.7. The van der Waals surface area contributed by atoms with E-state index in [1.165, 1.54) is 12.1 Å². The van der Waals surface area contributed by atoms with E-state index in [4.69, 9.17) is 23.4 Å². The minimum atomic E-state index is -2.21. The van der Waals surface area contributed by atoms with E-state index >= 15 is 0 Å². The number of carboxylic acids is 1. The maximum atomic E-state index is 14.2. The van der Waals surface area contributed by atoms with Gasteiger partial charge < -0.3 is 31.3 Å². The number of esters is 1. The Kier molecular flexibility index (Phi) is 11.5. The second-order valence-electron chi connectivity index (χ2n) is 22.0. The SMILES string of the molecule is [2H]C(CN)(NC(=O)c1ccc(Cl)cc1)C(=O)NC[C@H](O)[C@@]12CC[C@]3(C)[C@H](CC[C@@H]4[C@@]5(C)CC[C@H](OC(=O)[C@H]6C[C@@H](C(=O)O)C6(C)C)C(C)(C)[C@@H]5CC[C@]43C)C1=C(C(C)C)C(=O)C2. The number of nitrogens with two attached hydrogens (primary N) is 1. The number of aliphatic hydroxyl groups excluding tert-OH is 1. The molecule has 7 rings (SSSR count). The number of aliphatic carboxylic acids is 1. The van der Waals surface area contributed by atoms with Gasteiger partial charge in [-0.2, -0.15) is 0 Å². The molecule has 12 heteroatoms. The van der Waals surface area contributed by atoms with E-state index in [0.717, 1.165) is 56.1 Å². The first-order valence-corrected chi connectivity index (χ1v) is 23.1. The summed E-state index contributed by atoms with van der Waals surface area (Å²) in [5, 5.41) is 27.6. The molecule has 0 heterocycles. The third-order valence-electron chi connectivity index (χ3n) is 18.5. The summed E-state index contributed by atoms with van der Waals surface area (Å²) in [4.78, 5) is 66.3. The van der Waals surface area contributed by atoms with Crippen molar-refractivity contribution in [2.45, 2.75) is 145 Å². The minimum Gasteiger partial charge on any atom is -0.481 e. The minimum absolute atomic E-state index is 0.0225. The zero-order valence-electron chi connectivity index (χ0n) is 38.7. The van der Waals surface area contributed by atoms with Crippen LogP contribution in [-0.4, -0.2) is 71.1 Å². The molecule has 0 saturated heterocycles. The number of amides is 2. The quantitative estimate of drug-likeness (QED) is 0.141. The number of ether oxygens (including phenoxy) is 1. The number of carbonyl (C=O) groups excluding carboxylic acids is 4. The van der Waals surface area contributed by atoms with Crippen molar-refractivity contribution in [3.05, 3.63) is 46.0 Å². The highest BCUT2D eigenvalue weighted by Crippen LogP contribution is 2.77. The van der Waals surface area contributed by atoms with E-state index in [-0.39, 0.29) is 69.9 Å². The van der Waals surface area contributed by atoms with Gasteiger partial charge in [-0.3, -0.25) is 24.0 Å². The van der Waals surface area contributed by atoms with Crippen LogP contribution in [0.3, 0.4) is 0 Å². The molecular weight excluding hydrogens is 794 g/mol. The van der Waals surface area contributed by atoms with Gasteiger partial charge in [0.25, 0.3) is 5.91 Å². The summed E-state index contributed by atoms with van der Waals surface area (Å²) < 4.78 is 15.2. The first-order valence-electron chi connectivity index (χ1n) is 23.2. The lowest BCUT2D eigenvalue weighted by Gasteiger charge is -2.72. The van der Waals surface area contributed by atoms with Gasteiger partial charge in [0, 0.05) is 40.9 Å². The molecule has 0 spiro atoms. The number of ketones is 1. The van der Waals surface area contributed by atoms with Crippen LogP contribution in [0.4, 0.5) is 0 Å². The number of nitrogens with one attached hydrogen (secondary N) is 2. The Morgan fingerprint density at radius 2 is 1.57 bits per heavy atom. The highest BCUT2D eigenvalue weighted by Gasteiger charge is 2.71. The summed E-state index contributed by atoms with van der Waals surface area (Å²) in [6.45, 7) is 19.0. The lowest BCUT2D eigenvalue weighted by molar-refractivity contribution is -0.238. The molecule has 5 fully saturated rings. The number of benzene rings is 1. The molecule has 6 N–H and O–H groups in total. The molecule has 11 nitrogen and oxygen atoms in total. The molecule has 0 aliphatic heterocycles. The predicted molar refractivity (Wildman–Crippen MR) is 233 cm³/mol. The summed E-state index contributed by atoms with van der Waals surface area (Å²) in [6.07, 6.45) is 5.97. The van der Waals surface area contributed by atoms with E-state index in [0.29, 0.717) is 29.7 Å². The van der Waals surface area contributed by atoms with Crippen molar-refractivity contribution in [2.75, 3.05) is 13.1 Å². The van der Waals surface area contributed by atoms with Gasteiger partial charge in [-0.25, -0.2) is 0 Å². The summed E-state index contributed by atoms with van der Waals surface area (Å²) in [5.41, 5.74) is 5.91. The molecule has 61 heavy (non-hydrogen) atoms. The molecule has 0 bridgehead atoms. The van der Waals surface area contributed by atoms with E-state index in [1.54, 1.807) is 12.1 Å². The smallest absolute Gasteiger partial charge is 0.309 e. The number of allylic oxidation sites excluding steroid dienone is 1. The Bertz CT molecular complexity index is 2050. The second kappa shape index (κ2) is 15.8. The average Bonchev–Trinajstić information content (AvgIpc) is 3.50. The Morgan fingerprint density at radius 3 is 2.18 bits per heavy atom. The van der Waals surface area contributed by atoms with Crippen molar-refractivity contribution in [3.63, 3.8) is 0 Å². The van der Waals surface area contributed by atoms with Crippen LogP contribution in [0.25, 0.3) is 0 Å². The van der Waals surface area contributed by atoms with E-state index < -0.39 is 59.1 Å². The van der Waals surface area contributed by atoms with Crippen LogP contribution in [-0.2, 0) is 23.9 Å². The van der Waals surface area contributed by atoms with Crippen LogP contribution in [0.15, 0.2) is 35.4 Å². The van der Waals surface area contributed by atoms with E-state index in [2.05, 4.69) is 59.1 Å². The van der Waals surface area contributed by atoms with Crippen molar-refractivity contribution in [2.24, 2.45) is 73.7 Å². The number of carbonyl (C=O) groups is 5. The third-order valence-corrected chi connectivity index (χ3v) is 18.7. The Balaban J connectivity index is 1.10. The Morgan fingerprint density at radius 1 is 0.902 bits per heavy atom. The maximum absolute atomic E-state index is 14.2. The van der Waals surface area contributed by atoms with E-state index in [9.17, 15) is 34.2 Å². The number of halogens is 1. The zero-order chi connectivity index (χ0) is 45.7. The number of fused-ring (bicyclic) bond motifs is 7. The molecule has 6 aliphatic carbocycles. The fourth-order valence-corrected chi connectivity index (χ4v) is 14.9. The molecule has 1 aromatic rings. The largest absolute Gasteiger partial charge is 0.481 e. The number of rotatable bonds is 11. The average molecular weight is 866 g/mol. The van der Waals surface area contributed by atoms with Gasteiger partial charge in [0.1, 0.15) is 12.1 Å². The van der Waals surface area contributed by atoms with Crippen LogP contribution >= 0.6 is 11.6 Å². The lowest BCUT2D eigenvalue weighted by atomic mass is 9.33. The topological polar surface area (TPSA) is 185 Å². The number of aliphatic hydroxyl groups is 1. The van der Waals surface area contributed by atoms with Gasteiger partial charge in [-0.15, -0.1) is 0 Å². The van der Waals surface area contributed by atoms with Crippen molar-refractivity contribution >= 4 is 41.1 Å². The monoisotopic (exact) mass is 864 g/mol. The Hall–Kier alpha value is -3.28. The molecule has 1 aromatic carbocycles. The highest BCUT2D eigenvalue weighted by molar-refractivity contribution is 6.30. The fraction of sp³-hybridized carbons (Fsp3) is 0.735. The zero-order valence-corrected chi connectivity index (χ0v) is 38.5. The van der Waals surface area contributed by atoms with Crippen LogP contribution in [0.1, 0.15) is 138 Å². The van der Waals surface area contributed by atoms with Gasteiger partial charge in [-0.1, -0.05) is 79.5 Å². The molecule has 0 radical (unpaired) electrons. The number of hydrogen-bond donors (Lipinski definition) is 5. The van der Waals surface area contributed by atoms with Crippen molar-refractivity contribution in [1.82, 2.24) is 10.6 Å². The van der Waals surface area contributed by atoms with Crippen LogP contribution in [0, 0.1) is 68.0 Å². The molecular formula is C49H70ClN3O8.